The molecule has 138 valence electrons. The minimum atomic E-state index is -0.00481. The van der Waals surface area contributed by atoms with Gasteiger partial charge in [-0.1, -0.05) is 24.4 Å². The highest BCUT2D eigenvalue weighted by Gasteiger charge is 2.19. The van der Waals surface area contributed by atoms with Gasteiger partial charge in [-0.05, 0) is 43.5 Å². The van der Waals surface area contributed by atoms with E-state index in [1.54, 1.807) is 25.4 Å². The lowest BCUT2D eigenvalue weighted by atomic mass is 10.2. The number of hydrogen-bond acceptors (Lipinski definition) is 4. The van der Waals surface area contributed by atoms with Gasteiger partial charge in [0, 0.05) is 36.1 Å². The molecule has 2 heterocycles. The molecule has 0 radical (unpaired) electrons. The average molecular weight is 374 g/mol. The maximum Gasteiger partial charge on any atom is 0.272 e. The number of ether oxygens (including phenoxy) is 1. The second-order valence-corrected chi connectivity index (χ2v) is 6.97. The Bertz CT molecular complexity index is 787. The maximum atomic E-state index is 12.8. The topological polar surface area (TPSA) is 54.5 Å². The van der Waals surface area contributed by atoms with Gasteiger partial charge in [0.05, 0.1) is 12.8 Å². The van der Waals surface area contributed by atoms with Crippen molar-refractivity contribution in [2.75, 3.05) is 25.5 Å². The van der Waals surface area contributed by atoms with Crippen LogP contribution in [0.1, 0.15) is 41.7 Å². The molecule has 1 saturated heterocycles. The van der Waals surface area contributed by atoms with Crippen molar-refractivity contribution in [3.05, 3.63) is 46.7 Å². The molecule has 5 nitrogen and oxygen atoms in total. The molecule has 26 heavy (non-hydrogen) atoms. The van der Waals surface area contributed by atoms with E-state index in [0.717, 1.165) is 42.9 Å². The molecule has 1 aromatic heterocycles. The van der Waals surface area contributed by atoms with Gasteiger partial charge in [0.2, 0.25) is 0 Å². The van der Waals surface area contributed by atoms with E-state index < -0.39 is 0 Å². The summed E-state index contributed by atoms with van der Waals surface area (Å²) >= 11 is 6.17. The number of hydrogen-bond donors (Lipinski definition) is 1. The molecule has 0 bridgehead atoms. The van der Waals surface area contributed by atoms with E-state index in [1.807, 2.05) is 24.0 Å². The Hall–Kier alpha value is -2.27. The number of carbonyl (C=O) groups is 1. The summed E-state index contributed by atoms with van der Waals surface area (Å²) in [6.07, 6.45) is 6.15. The van der Waals surface area contributed by atoms with Crippen LogP contribution in [0, 0.1) is 6.92 Å². The number of aromatic nitrogens is 1. The Morgan fingerprint density at radius 1 is 1.19 bits per heavy atom. The molecule has 1 aromatic carbocycles. The number of anilines is 2. The minimum absolute atomic E-state index is 0.00481. The molecule has 1 fully saturated rings. The standard InChI is InChI=1S/C20H24ClN3O2/c1-14-11-17(19(26-2)13-16(14)21)23-15-7-8-22-18(12-15)20(25)24-9-5-3-4-6-10-24/h7-8,11-13H,3-6,9-10H2,1-2H3,(H,22,23). The summed E-state index contributed by atoms with van der Waals surface area (Å²) in [5.74, 6) is 0.646. The molecule has 1 aliphatic heterocycles. The quantitative estimate of drug-likeness (QED) is 0.835. The van der Waals surface area contributed by atoms with Crippen molar-refractivity contribution in [2.45, 2.75) is 32.6 Å². The van der Waals surface area contributed by atoms with E-state index >= 15 is 0 Å². The van der Waals surface area contributed by atoms with E-state index in [-0.39, 0.29) is 5.91 Å². The van der Waals surface area contributed by atoms with E-state index in [0.29, 0.717) is 16.5 Å². The Morgan fingerprint density at radius 2 is 1.92 bits per heavy atom. The first kappa shape index (κ1) is 18.5. The van der Waals surface area contributed by atoms with Gasteiger partial charge in [0.1, 0.15) is 11.4 Å². The number of likely N-dealkylation sites (tertiary alicyclic amines) is 1. The second-order valence-electron chi connectivity index (χ2n) is 6.56. The zero-order valence-corrected chi connectivity index (χ0v) is 16.0. The molecule has 1 amide bonds. The van der Waals surface area contributed by atoms with Crippen LogP contribution in [0.25, 0.3) is 0 Å². The molecule has 0 spiro atoms. The molecule has 3 rings (SSSR count). The van der Waals surface area contributed by atoms with Crippen molar-refractivity contribution < 1.29 is 9.53 Å². The number of aryl methyl sites for hydroxylation is 1. The lowest BCUT2D eigenvalue weighted by Gasteiger charge is -2.20. The molecule has 0 atom stereocenters. The van der Waals surface area contributed by atoms with Crippen LogP contribution in [-0.4, -0.2) is 36.0 Å². The van der Waals surface area contributed by atoms with Crippen LogP contribution in [0.2, 0.25) is 5.02 Å². The first-order chi connectivity index (χ1) is 12.6. The molecular formula is C20H24ClN3O2. The fourth-order valence-corrected chi connectivity index (χ4v) is 3.30. The largest absolute Gasteiger partial charge is 0.495 e. The van der Waals surface area contributed by atoms with Crippen LogP contribution in [0.5, 0.6) is 5.75 Å². The fraction of sp³-hybridized carbons (Fsp3) is 0.400. The number of rotatable bonds is 4. The number of pyridine rings is 1. The summed E-state index contributed by atoms with van der Waals surface area (Å²) in [6, 6.07) is 7.33. The SMILES string of the molecule is COc1cc(Cl)c(C)cc1Nc1ccnc(C(=O)N2CCCCCC2)c1. The lowest BCUT2D eigenvalue weighted by Crippen LogP contribution is -2.32. The van der Waals surface area contributed by atoms with Gasteiger partial charge in [0.25, 0.3) is 5.91 Å². The monoisotopic (exact) mass is 373 g/mol. The normalized spacial score (nSPS) is 14.7. The van der Waals surface area contributed by atoms with Crippen LogP contribution < -0.4 is 10.1 Å². The zero-order valence-electron chi connectivity index (χ0n) is 15.2. The van der Waals surface area contributed by atoms with Crippen molar-refractivity contribution in [3.8, 4) is 5.75 Å². The summed E-state index contributed by atoms with van der Waals surface area (Å²) in [5, 5.41) is 3.96. The minimum Gasteiger partial charge on any atom is -0.495 e. The Balaban J connectivity index is 1.81. The first-order valence-corrected chi connectivity index (χ1v) is 9.33. The van der Waals surface area contributed by atoms with Crippen molar-refractivity contribution in [1.29, 1.82) is 0 Å². The van der Waals surface area contributed by atoms with Crippen molar-refractivity contribution in [3.63, 3.8) is 0 Å². The highest BCUT2D eigenvalue weighted by Crippen LogP contribution is 2.33. The van der Waals surface area contributed by atoms with Crippen LogP contribution in [0.4, 0.5) is 11.4 Å². The predicted octanol–water partition coefficient (Wildman–Crippen LogP) is 4.81. The second kappa shape index (κ2) is 8.41. The maximum absolute atomic E-state index is 12.8. The highest BCUT2D eigenvalue weighted by atomic mass is 35.5. The summed E-state index contributed by atoms with van der Waals surface area (Å²) in [4.78, 5) is 19.0. The van der Waals surface area contributed by atoms with Crippen LogP contribution in [-0.2, 0) is 0 Å². The molecule has 1 N–H and O–H groups in total. The number of carbonyl (C=O) groups excluding carboxylic acids is 1. The number of methoxy groups -OCH3 is 1. The molecule has 6 heteroatoms. The fourth-order valence-electron chi connectivity index (χ4n) is 3.15. The summed E-state index contributed by atoms with van der Waals surface area (Å²) in [5.41, 5.74) is 3.00. The Kier molecular flexibility index (Phi) is 5.99. The molecule has 2 aromatic rings. The number of amides is 1. The van der Waals surface area contributed by atoms with E-state index in [4.69, 9.17) is 16.3 Å². The number of nitrogens with one attached hydrogen (secondary N) is 1. The van der Waals surface area contributed by atoms with Gasteiger partial charge in [-0.15, -0.1) is 0 Å². The number of halogens is 1. The van der Waals surface area contributed by atoms with Crippen molar-refractivity contribution in [1.82, 2.24) is 9.88 Å². The van der Waals surface area contributed by atoms with Crippen molar-refractivity contribution in [2.24, 2.45) is 0 Å². The third kappa shape index (κ3) is 4.28. The number of nitrogens with zero attached hydrogens (tertiary/aromatic N) is 2. The van der Waals surface area contributed by atoms with Crippen molar-refractivity contribution >= 4 is 28.9 Å². The average Bonchev–Trinajstić information content (AvgIpc) is 2.93. The first-order valence-electron chi connectivity index (χ1n) is 8.95. The predicted molar refractivity (Wildman–Crippen MR) is 105 cm³/mol. The Labute approximate surface area is 159 Å². The highest BCUT2D eigenvalue weighted by molar-refractivity contribution is 6.31. The van der Waals surface area contributed by atoms with Crippen LogP contribution in [0.15, 0.2) is 30.5 Å². The van der Waals surface area contributed by atoms with Gasteiger partial charge in [0.15, 0.2) is 0 Å². The number of benzene rings is 1. The molecule has 0 saturated carbocycles. The van der Waals surface area contributed by atoms with Gasteiger partial charge >= 0.3 is 0 Å². The Morgan fingerprint density at radius 3 is 2.62 bits per heavy atom. The van der Waals surface area contributed by atoms with Crippen LogP contribution >= 0.6 is 11.6 Å². The third-order valence-corrected chi connectivity index (χ3v) is 5.04. The van der Waals surface area contributed by atoms with E-state index in [2.05, 4.69) is 10.3 Å². The lowest BCUT2D eigenvalue weighted by molar-refractivity contribution is 0.0756. The smallest absolute Gasteiger partial charge is 0.272 e. The van der Waals surface area contributed by atoms with E-state index in [1.165, 1.54) is 12.8 Å². The summed E-state index contributed by atoms with van der Waals surface area (Å²) in [6.45, 7) is 3.55. The van der Waals surface area contributed by atoms with Gasteiger partial charge in [-0.25, -0.2) is 0 Å². The van der Waals surface area contributed by atoms with Gasteiger partial charge < -0.3 is 15.0 Å². The summed E-state index contributed by atoms with van der Waals surface area (Å²) in [7, 11) is 1.60. The molecule has 1 aliphatic rings. The van der Waals surface area contributed by atoms with Crippen LogP contribution in [0.3, 0.4) is 0 Å². The molecule has 0 unspecified atom stereocenters. The van der Waals surface area contributed by atoms with E-state index in [9.17, 15) is 4.79 Å². The molecular weight excluding hydrogens is 350 g/mol. The zero-order chi connectivity index (χ0) is 18.5. The van der Waals surface area contributed by atoms with Gasteiger partial charge in [-0.2, -0.15) is 0 Å². The summed E-state index contributed by atoms with van der Waals surface area (Å²) < 4.78 is 5.40. The van der Waals surface area contributed by atoms with Gasteiger partial charge in [-0.3, -0.25) is 9.78 Å². The third-order valence-electron chi connectivity index (χ3n) is 4.63. The molecule has 0 aliphatic carbocycles.